The summed E-state index contributed by atoms with van der Waals surface area (Å²) in [6.45, 7) is -0.275. The second-order valence-electron chi connectivity index (χ2n) is 6.08. The standard InChI is InChI=1S/C20H17FN4O4S/c21-17-5-1-2-6-18(17)25-30(28,29)16-9-7-14(8-10-16)20(27)23-13-19(26)24-15-4-3-11-22-12-15/h1-12,25H,13H2,(H,23,27)(H,24,26). The van der Waals surface area contributed by atoms with Crippen LogP contribution in [0.5, 0.6) is 0 Å². The van der Waals surface area contributed by atoms with E-state index in [4.69, 9.17) is 0 Å². The van der Waals surface area contributed by atoms with Crippen molar-refractivity contribution < 1.29 is 22.4 Å². The highest BCUT2D eigenvalue weighted by Crippen LogP contribution is 2.19. The van der Waals surface area contributed by atoms with Crippen molar-refractivity contribution in [3.05, 3.63) is 84.4 Å². The second kappa shape index (κ2) is 9.14. The number of pyridine rings is 1. The van der Waals surface area contributed by atoms with Crippen LogP contribution in [-0.2, 0) is 14.8 Å². The van der Waals surface area contributed by atoms with Gasteiger partial charge < -0.3 is 10.6 Å². The molecule has 2 amide bonds. The van der Waals surface area contributed by atoms with Crippen molar-refractivity contribution in [1.29, 1.82) is 0 Å². The van der Waals surface area contributed by atoms with Crippen LogP contribution in [0.1, 0.15) is 10.4 Å². The lowest BCUT2D eigenvalue weighted by atomic mass is 10.2. The van der Waals surface area contributed by atoms with Crippen molar-refractivity contribution >= 4 is 33.2 Å². The molecule has 0 aliphatic heterocycles. The molecule has 0 unspecified atom stereocenters. The molecule has 0 radical (unpaired) electrons. The van der Waals surface area contributed by atoms with Gasteiger partial charge in [-0.25, -0.2) is 12.8 Å². The van der Waals surface area contributed by atoms with Crippen LogP contribution >= 0.6 is 0 Å². The molecule has 0 aliphatic rings. The highest BCUT2D eigenvalue weighted by atomic mass is 32.2. The number of halogens is 1. The maximum absolute atomic E-state index is 13.7. The fourth-order valence-electron chi connectivity index (χ4n) is 2.44. The van der Waals surface area contributed by atoms with Crippen molar-refractivity contribution in [2.24, 2.45) is 0 Å². The third-order valence-corrected chi connectivity index (χ3v) is 5.28. The third kappa shape index (κ3) is 5.39. The lowest BCUT2D eigenvalue weighted by Crippen LogP contribution is -2.32. The second-order valence-corrected chi connectivity index (χ2v) is 7.76. The highest BCUT2D eigenvalue weighted by molar-refractivity contribution is 7.92. The molecule has 0 saturated carbocycles. The van der Waals surface area contributed by atoms with Crippen molar-refractivity contribution in [1.82, 2.24) is 10.3 Å². The largest absolute Gasteiger partial charge is 0.343 e. The molecule has 30 heavy (non-hydrogen) atoms. The maximum Gasteiger partial charge on any atom is 0.261 e. The predicted molar refractivity (Wildman–Crippen MR) is 109 cm³/mol. The molecule has 10 heteroatoms. The Morgan fingerprint density at radius 3 is 2.37 bits per heavy atom. The molecule has 3 aromatic rings. The summed E-state index contributed by atoms with van der Waals surface area (Å²) in [6.07, 6.45) is 3.03. The highest BCUT2D eigenvalue weighted by Gasteiger charge is 2.17. The summed E-state index contributed by atoms with van der Waals surface area (Å²) in [7, 11) is -4.03. The van der Waals surface area contributed by atoms with E-state index < -0.39 is 27.7 Å². The fraction of sp³-hybridized carbons (Fsp3) is 0.0500. The molecule has 0 bridgehead atoms. The SMILES string of the molecule is O=C(CNC(=O)c1ccc(S(=O)(=O)Nc2ccccc2F)cc1)Nc1cccnc1. The van der Waals surface area contributed by atoms with Gasteiger partial charge in [0.25, 0.3) is 15.9 Å². The number of benzene rings is 2. The lowest BCUT2D eigenvalue weighted by molar-refractivity contribution is -0.115. The van der Waals surface area contributed by atoms with Gasteiger partial charge in [0, 0.05) is 11.8 Å². The Balaban J connectivity index is 1.60. The predicted octanol–water partition coefficient (Wildman–Crippen LogP) is 2.39. The van der Waals surface area contributed by atoms with Gasteiger partial charge in [-0.1, -0.05) is 12.1 Å². The quantitative estimate of drug-likeness (QED) is 0.534. The number of carbonyl (C=O) groups excluding carboxylic acids is 2. The van der Waals surface area contributed by atoms with Gasteiger partial charge in [-0.2, -0.15) is 0 Å². The minimum Gasteiger partial charge on any atom is -0.343 e. The van der Waals surface area contributed by atoms with Crippen molar-refractivity contribution in [2.75, 3.05) is 16.6 Å². The van der Waals surface area contributed by atoms with Gasteiger partial charge in [-0.15, -0.1) is 0 Å². The molecular weight excluding hydrogens is 411 g/mol. The Hall–Kier alpha value is -3.79. The number of hydrogen-bond acceptors (Lipinski definition) is 5. The van der Waals surface area contributed by atoms with E-state index in [9.17, 15) is 22.4 Å². The van der Waals surface area contributed by atoms with Gasteiger partial charge in [0.15, 0.2) is 0 Å². The van der Waals surface area contributed by atoms with E-state index in [0.29, 0.717) is 5.69 Å². The van der Waals surface area contributed by atoms with Crippen LogP contribution in [0.4, 0.5) is 15.8 Å². The zero-order valence-corrected chi connectivity index (χ0v) is 16.3. The summed E-state index contributed by atoms with van der Waals surface area (Å²) in [5.41, 5.74) is 0.474. The maximum atomic E-state index is 13.7. The molecule has 0 aliphatic carbocycles. The van der Waals surface area contributed by atoms with E-state index in [2.05, 4.69) is 20.3 Å². The van der Waals surface area contributed by atoms with Gasteiger partial charge in [-0.3, -0.25) is 19.3 Å². The summed E-state index contributed by atoms with van der Waals surface area (Å²) in [6, 6.07) is 13.7. The van der Waals surface area contributed by atoms with Crippen molar-refractivity contribution in [3.8, 4) is 0 Å². The minimum absolute atomic E-state index is 0.142. The van der Waals surface area contributed by atoms with E-state index in [1.165, 1.54) is 48.7 Å². The van der Waals surface area contributed by atoms with Crippen LogP contribution < -0.4 is 15.4 Å². The Morgan fingerprint density at radius 2 is 1.70 bits per heavy atom. The van der Waals surface area contributed by atoms with Crippen LogP contribution in [0.3, 0.4) is 0 Å². The number of sulfonamides is 1. The minimum atomic E-state index is -4.03. The monoisotopic (exact) mass is 428 g/mol. The first kappa shape index (κ1) is 20.9. The number of hydrogen-bond donors (Lipinski definition) is 3. The number of rotatable bonds is 7. The molecule has 3 N–H and O–H groups in total. The topological polar surface area (TPSA) is 117 Å². The number of carbonyl (C=O) groups is 2. The van der Waals surface area contributed by atoms with Gasteiger partial charge in [0.1, 0.15) is 5.82 Å². The zero-order valence-electron chi connectivity index (χ0n) is 15.5. The number of nitrogens with zero attached hydrogens (tertiary/aromatic N) is 1. The van der Waals surface area contributed by atoms with Gasteiger partial charge in [0.2, 0.25) is 5.91 Å². The molecule has 0 saturated heterocycles. The van der Waals surface area contributed by atoms with Crippen molar-refractivity contribution in [2.45, 2.75) is 4.90 Å². The zero-order chi connectivity index (χ0) is 21.6. The van der Waals surface area contributed by atoms with Crippen LogP contribution in [0, 0.1) is 5.82 Å². The number of anilines is 2. The Bertz CT molecular complexity index is 1150. The van der Waals surface area contributed by atoms with Crippen LogP contribution in [-0.4, -0.2) is 31.8 Å². The van der Waals surface area contributed by atoms with E-state index in [1.54, 1.807) is 18.3 Å². The molecule has 0 atom stereocenters. The van der Waals surface area contributed by atoms with Crippen molar-refractivity contribution in [3.63, 3.8) is 0 Å². The van der Waals surface area contributed by atoms with E-state index in [1.807, 2.05) is 0 Å². The first-order chi connectivity index (χ1) is 14.3. The van der Waals surface area contributed by atoms with Crippen LogP contribution in [0.2, 0.25) is 0 Å². The molecule has 0 spiro atoms. The molecule has 1 aromatic heterocycles. The summed E-state index contributed by atoms with van der Waals surface area (Å²) >= 11 is 0. The summed E-state index contributed by atoms with van der Waals surface area (Å²) in [4.78, 5) is 27.8. The third-order valence-electron chi connectivity index (χ3n) is 3.90. The Morgan fingerprint density at radius 1 is 0.967 bits per heavy atom. The Labute approximate surface area is 172 Å². The number of nitrogens with one attached hydrogen (secondary N) is 3. The van der Waals surface area contributed by atoms with Gasteiger partial charge in [-0.05, 0) is 48.5 Å². The molecule has 154 valence electrons. The molecule has 3 rings (SSSR count). The Kier molecular flexibility index (Phi) is 6.38. The number of aromatic nitrogens is 1. The lowest BCUT2D eigenvalue weighted by Gasteiger charge is -2.10. The van der Waals surface area contributed by atoms with E-state index in [0.717, 1.165) is 6.07 Å². The number of amides is 2. The van der Waals surface area contributed by atoms with Crippen LogP contribution in [0.15, 0.2) is 78.0 Å². The van der Waals surface area contributed by atoms with Gasteiger partial charge in [0.05, 0.1) is 29.0 Å². The molecular formula is C20H17FN4O4S. The van der Waals surface area contributed by atoms with Crippen LogP contribution in [0.25, 0.3) is 0 Å². The van der Waals surface area contributed by atoms with E-state index in [-0.39, 0.29) is 22.7 Å². The first-order valence-electron chi connectivity index (χ1n) is 8.71. The van der Waals surface area contributed by atoms with E-state index >= 15 is 0 Å². The molecule has 8 nitrogen and oxygen atoms in total. The summed E-state index contributed by atoms with van der Waals surface area (Å²) in [5, 5.41) is 5.01. The average Bonchev–Trinajstić information content (AvgIpc) is 2.74. The number of para-hydroxylation sites is 1. The van der Waals surface area contributed by atoms with Gasteiger partial charge >= 0.3 is 0 Å². The summed E-state index contributed by atoms with van der Waals surface area (Å²) in [5.74, 6) is -1.70. The molecule has 0 fully saturated rings. The fourth-order valence-corrected chi connectivity index (χ4v) is 3.50. The first-order valence-corrected chi connectivity index (χ1v) is 10.2. The normalized spacial score (nSPS) is 10.8. The average molecular weight is 428 g/mol. The summed E-state index contributed by atoms with van der Waals surface area (Å²) < 4.78 is 40.6. The molecule has 2 aromatic carbocycles. The smallest absolute Gasteiger partial charge is 0.261 e. The molecule has 1 heterocycles.